The highest BCUT2D eigenvalue weighted by Gasteiger charge is 2.05. The van der Waals surface area contributed by atoms with Gasteiger partial charge in [-0.3, -0.25) is 0 Å². The van der Waals surface area contributed by atoms with Crippen molar-refractivity contribution in [1.82, 2.24) is 5.32 Å². The van der Waals surface area contributed by atoms with Crippen LogP contribution in [0.25, 0.3) is 0 Å². The van der Waals surface area contributed by atoms with Crippen molar-refractivity contribution < 1.29 is 14.6 Å². The average molecular weight is 267 g/mol. The lowest BCUT2D eigenvalue weighted by Gasteiger charge is -2.14. The Hall–Kier alpha value is -1.10. The van der Waals surface area contributed by atoms with E-state index in [2.05, 4.69) is 11.4 Å². The van der Waals surface area contributed by atoms with Crippen LogP contribution in [0.2, 0.25) is 0 Å². The number of aryl methyl sites for hydroxylation is 2. The van der Waals surface area contributed by atoms with Gasteiger partial charge in [0, 0.05) is 19.7 Å². The third-order valence-corrected chi connectivity index (χ3v) is 2.64. The van der Waals surface area contributed by atoms with Gasteiger partial charge in [-0.2, -0.15) is 0 Å². The zero-order valence-electron chi connectivity index (χ0n) is 12.1. The molecule has 0 saturated heterocycles. The van der Waals surface area contributed by atoms with Gasteiger partial charge in [0.05, 0.1) is 6.61 Å². The molecule has 0 aliphatic heterocycles. The van der Waals surface area contributed by atoms with E-state index in [4.69, 9.17) is 9.47 Å². The Labute approximate surface area is 115 Å². The van der Waals surface area contributed by atoms with Gasteiger partial charge in [-0.15, -0.1) is 0 Å². The fraction of sp³-hybridized carbons (Fsp3) is 0.600. The summed E-state index contributed by atoms with van der Waals surface area (Å²) in [6, 6.07) is 6.04. The lowest BCUT2D eigenvalue weighted by molar-refractivity contribution is 0.100. The number of rotatable bonds is 9. The molecule has 0 radical (unpaired) electrons. The number of aliphatic hydroxyl groups is 1. The molecule has 0 spiro atoms. The smallest absolute Gasteiger partial charge is 0.119 e. The molecular formula is C15H25NO3. The van der Waals surface area contributed by atoms with E-state index in [1.807, 2.05) is 32.9 Å². The summed E-state index contributed by atoms with van der Waals surface area (Å²) in [6.07, 6.45) is -0.512. The fourth-order valence-corrected chi connectivity index (χ4v) is 1.82. The standard InChI is InChI=1S/C15H25NO3/c1-4-18-6-5-16-10-14(17)11-19-15-8-12(2)7-13(3)9-15/h7-9,14,16-17H,4-6,10-11H2,1-3H3. The number of nitrogens with one attached hydrogen (secondary N) is 1. The maximum atomic E-state index is 9.78. The van der Waals surface area contributed by atoms with Gasteiger partial charge in [0.15, 0.2) is 0 Å². The van der Waals surface area contributed by atoms with Crippen LogP contribution in [0.5, 0.6) is 5.75 Å². The summed E-state index contributed by atoms with van der Waals surface area (Å²) >= 11 is 0. The van der Waals surface area contributed by atoms with Crippen LogP contribution in [0.15, 0.2) is 18.2 Å². The zero-order chi connectivity index (χ0) is 14.1. The van der Waals surface area contributed by atoms with Crippen LogP contribution in [-0.2, 0) is 4.74 Å². The summed E-state index contributed by atoms with van der Waals surface area (Å²) in [5.41, 5.74) is 2.33. The second-order valence-corrected chi connectivity index (χ2v) is 4.69. The van der Waals surface area contributed by atoms with Gasteiger partial charge in [-0.25, -0.2) is 0 Å². The van der Waals surface area contributed by atoms with Gasteiger partial charge in [-0.05, 0) is 44.0 Å². The van der Waals surface area contributed by atoms with Gasteiger partial charge < -0.3 is 19.9 Å². The molecule has 0 fully saturated rings. The quantitative estimate of drug-likeness (QED) is 0.668. The molecule has 0 aliphatic carbocycles. The minimum absolute atomic E-state index is 0.296. The van der Waals surface area contributed by atoms with E-state index < -0.39 is 6.10 Å². The van der Waals surface area contributed by atoms with Crippen LogP contribution in [0.4, 0.5) is 0 Å². The highest BCUT2D eigenvalue weighted by Crippen LogP contribution is 2.16. The number of hydrogen-bond donors (Lipinski definition) is 2. The van der Waals surface area contributed by atoms with Crippen molar-refractivity contribution in [3.63, 3.8) is 0 Å². The monoisotopic (exact) mass is 267 g/mol. The van der Waals surface area contributed by atoms with E-state index >= 15 is 0 Å². The van der Waals surface area contributed by atoms with Crippen LogP contribution >= 0.6 is 0 Å². The molecule has 0 aromatic heterocycles. The van der Waals surface area contributed by atoms with E-state index in [1.54, 1.807) is 0 Å². The minimum atomic E-state index is -0.512. The lowest BCUT2D eigenvalue weighted by Crippen LogP contribution is -2.33. The summed E-state index contributed by atoms with van der Waals surface area (Å²) in [5, 5.41) is 12.9. The number of aliphatic hydroxyl groups excluding tert-OH is 1. The molecule has 108 valence electrons. The Balaban J connectivity index is 2.20. The second-order valence-electron chi connectivity index (χ2n) is 4.69. The summed E-state index contributed by atoms with van der Waals surface area (Å²) in [4.78, 5) is 0. The molecule has 0 heterocycles. The number of benzene rings is 1. The van der Waals surface area contributed by atoms with Crippen LogP contribution in [0, 0.1) is 13.8 Å². The fourth-order valence-electron chi connectivity index (χ4n) is 1.82. The van der Waals surface area contributed by atoms with Crippen molar-refractivity contribution in [3.05, 3.63) is 29.3 Å². The Bertz CT molecular complexity index is 348. The molecule has 1 rings (SSSR count). The van der Waals surface area contributed by atoms with Crippen molar-refractivity contribution in [2.75, 3.05) is 32.9 Å². The topological polar surface area (TPSA) is 50.7 Å². The van der Waals surface area contributed by atoms with E-state index in [9.17, 15) is 5.11 Å². The zero-order valence-corrected chi connectivity index (χ0v) is 12.1. The Morgan fingerprint density at radius 2 is 1.89 bits per heavy atom. The van der Waals surface area contributed by atoms with Gasteiger partial charge in [0.2, 0.25) is 0 Å². The van der Waals surface area contributed by atoms with Gasteiger partial charge in [0.1, 0.15) is 18.5 Å². The van der Waals surface area contributed by atoms with E-state index in [0.29, 0.717) is 19.8 Å². The van der Waals surface area contributed by atoms with Crippen molar-refractivity contribution in [3.8, 4) is 5.75 Å². The lowest BCUT2D eigenvalue weighted by atomic mass is 10.1. The second kappa shape index (κ2) is 8.91. The van der Waals surface area contributed by atoms with Crippen LogP contribution < -0.4 is 10.1 Å². The molecule has 2 N–H and O–H groups in total. The first-order valence-corrected chi connectivity index (χ1v) is 6.79. The van der Waals surface area contributed by atoms with Crippen LogP contribution in [0.3, 0.4) is 0 Å². The predicted molar refractivity (Wildman–Crippen MR) is 76.8 cm³/mol. The summed E-state index contributed by atoms with van der Waals surface area (Å²) in [6.45, 7) is 8.97. The molecule has 1 unspecified atom stereocenters. The largest absolute Gasteiger partial charge is 0.491 e. The number of ether oxygens (including phenoxy) is 2. The first-order chi connectivity index (χ1) is 9.11. The predicted octanol–water partition coefficient (Wildman–Crippen LogP) is 1.67. The van der Waals surface area contributed by atoms with Gasteiger partial charge in [0.25, 0.3) is 0 Å². The normalized spacial score (nSPS) is 12.4. The summed E-state index contributed by atoms with van der Waals surface area (Å²) in [5.74, 6) is 0.811. The number of hydrogen-bond acceptors (Lipinski definition) is 4. The molecular weight excluding hydrogens is 242 g/mol. The molecule has 4 heteroatoms. The van der Waals surface area contributed by atoms with Crippen molar-refractivity contribution in [1.29, 1.82) is 0 Å². The van der Waals surface area contributed by atoms with Gasteiger partial charge in [-0.1, -0.05) is 6.07 Å². The van der Waals surface area contributed by atoms with Crippen LogP contribution in [0.1, 0.15) is 18.1 Å². The molecule has 0 bridgehead atoms. The van der Waals surface area contributed by atoms with E-state index in [-0.39, 0.29) is 0 Å². The molecule has 1 aromatic rings. The van der Waals surface area contributed by atoms with Crippen molar-refractivity contribution in [2.45, 2.75) is 26.9 Å². The molecule has 1 atom stereocenters. The van der Waals surface area contributed by atoms with E-state index in [0.717, 1.165) is 18.9 Å². The van der Waals surface area contributed by atoms with Gasteiger partial charge >= 0.3 is 0 Å². The Kier molecular flexibility index (Phi) is 7.48. The molecule has 4 nitrogen and oxygen atoms in total. The van der Waals surface area contributed by atoms with E-state index in [1.165, 1.54) is 11.1 Å². The first-order valence-electron chi connectivity index (χ1n) is 6.79. The average Bonchev–Trinajstić information content (AvgIpc) is 2.35. The molecule has 19 heavy (non-hydrogen) atoms. The molecule has 0 aliphatic rings. The molecule has 0 amide bonds. The highest BCUT2D eigenvalue weighted by atomic mass is 16.5. The third-order valence-electron chi connectivity index (χ3n) is 2.64. The minimum Gasteiger partial charge on any atom is -0.491 e. The Morgan fingerprint density at radius 1 is 1.21 bits per heavy atom. The summed E-state index contributed by atoms with van der Waals surface area (Å²) < 4.78 is 10.8. The first kappa shape index (κ1) is 16.0. The SMILES string of the molecule is CCOCCNCC(O)COc1cc(C)cc(C)c1. The molecule has 1 aromatic carbocycles. The van der Waals surface area contributed by atoms with Crippen LogP contribution in [-0.4, -0.2) is 44.1 Å². The highest BCUT2D eigenvalue weighted by molar-refractivity contribution is 5.32. The van der Waals surface area contributed by atoms with Crippen molar-refractivity contribution >= 4 is 0 Å². The molecule has 0 saturated carbocycles. The maximum Gasteiger partial charge on any atom is 0.119 e. The Morgan fingerprint density at radius 3 is 2.53 bits per heavy atom. The maximum absolute atomic E-state index is 9.78. The third kappa shape index (κ3) is 7.15. The summed E-state index contributed by atoms with van der Waals surface area (Å²) in [7, 11) is 0. The van der Waals surface area contributed by atoms with Crippen molar-refractivity contribution in [2.24, 2.45) is 0 Å².